The number of carbonyl (C=O) groups excluding carboxylic acids is 3. The molecule has 1 aliphatic carbocycles. The standard InChI is InChI=1S/C42H72O7/c1-3-5-7-8-9-10-11-12-13-14-15-16-17-18-19-24-28-41(46)48-34-38(44)35-49-42(47)29-25-21-20-23-26-36-30-33-40(45)39(36)32-31-37(43)27-22-6-4-2/h20,23,30-33,36-39,43-44H,3-19,21-22,24-29,34-35H2,1-2H3/b23-20-,32-31+/t36-,37-,38-,39+/m0/s1. The molecule has 0 fully saturated rings. The summed E-state index contributed by atoms with van der Waals surface area (Å²) < 4.78 is 10.3. The van der Waals surface area contributed by atoms with Crippen LogP contribution in [-0.4, -0.2) is 53.4 Å². The van der Waals surface area contributed by atoms with Crippen molar-refractivity contribution in [3.8, 4) is 0 Å². The first-order chi connectivity index (χ1) is 23.9. The van der Waals surface area contributed by atoms with Gasteiger partial charge in [0.05, 0.1) is 6.10 Å². The lowest BCUT2D eigenvalue weighted by Gasteiger charge is -2.13. The maximum Gasteiger partial charge on any atom is 0.305 e. The van der Waals surface area contributed by atoms with Crippen molar-refractivity contribution in [2.24, 2.45) is 11.8 Å². The Morgan fingerprint density at radius 1 is 0.694 bits per heavy atom. The first-order valence-electron chi connectivity index (χ1n) is 20.1. The predicted octanol–water partition coefficient (Wildman–Crippen LogP) is 10.1. The van der Waals surface area contributed by atoms with E-state index in [1.165, 1.54) is 83.5 Å². The summed E-state index contributed by atoms with van der Waals surface area (Å²) in [4.78, 5) is 36.3. The summed E-state index contributed by atoms with van der Waals surface area (Å²) in [6.07, 6.45) is 36.8. The van der Waals surface area contributed by atoms with Crippen LogP contribution in [0.5, 0.6) is 0 Å². The number of ketones is 1. The fourth-order valence-electron chi connectivity index (χ4n) is 6.19. The number of esters is 2. The average Bonchev–Trinajstić information content (AvgIpc) is 3.45. The predicted molar refractivity (Wildman–Crippen MR) is 200 cm³/mol. The van der Waals surface area contributed by atoms with Crippen molar-refractivity contribution in [3.63, 3.8) is 0 Å². The Labute approximate surface area is 299 Å². The maximum atomic E-state index is 12.3. The normalized spacial score (nSPS) is 17.3. The maximum absolute atomic E-state index is 12.3. The smallest absolute Gasteiger partial charge is 0.305 e. The molecule has 282 valence electrons. The molecule has 0 spiro atoms. The van der Waals surface area contributed by atoms with E-state index in [2.05, 4.69) is 13.8 Å². The Morgan fingerprint density at radius 2 is 1.18 bits per heavy atom. The quantitative estimate of drug-likeness (QED) is 0.0401. The Morgan fingerprint density at radius 3 is 1.73 bits per heavy atom. The van der Waals surface area contributed by atoms with Crippen molar-refractivity contribution in [1.82, 2.24) is 0 Å². The molecule has 0 aromatic rings. The van der Waals surface area contributed by atoms with Crippen LogP contribution in [0, 0.1) is 11.8 Å². The molecule has 0 saturated heterocycles. The molecule has 7 heteroatoms. The molecule has 0 unspecified atom stereocenters. The minimum absolute atomic E-state index is 0.0745. The number of carbonyl (C=O) groups is 3. The summed E-state index contributed by atoms with van der Waals surface area (Å²) in [6.45, 7) is 4.04. The number of hydrogen-bond acceptors (Lipinski definition) is 7. The van der Waals surface area contributed by atoms with Gasteiger partial charge < -0.3 is 19.7 Å². The number of aliphatic hydroxyl groups excluding tert-OH is 2. The molecule has 0 bridgehead atoms. The lowest BCUT2D eigenvalue weighted by molar-refractivity contribution is -0.152. The average molecular weight is 689 g/mol. The van der Waals surface area contributed by atoms with Crippen LogP contribution in [0.25, 0.3) is 0 Å². The van der Waals surface area contributed by atoms with Crippen LogP contribution in [0.2, 0.25) is 0 Å². The highest BCUT2D eigenvalue weighted by molar-refractivity contribution is 5.95. The van der Waals surface area contributed by atoms with Gasteiger partial charge in [-0.1, -0.05) is 160 Å². The summed E-state index contributed by atoms with van der Waals surface area (Å²) in [5.41, 5.74) is 0. The molecule has 7 nitrogen and oxygen atoms in total. The second-order valence-corrected chi connectivity index (χ2v) is 14.1. The van der Waals surface area contributed by atoms with Gasteiger partial charge in [-0.15, -0.1) is 0 Å². The number of ether oxygens (including phenoxy) is 2. The second kappa shape index (κ2) is 31.7. The van der Waals surface area contributed by atoms with Crippen LogP contribution in [0.15, 0.2) is 36.5 Å². The zero-order valence-electron chi connectivity index (χ0n) is 31.3. The molecular weight excluding hydrogens is 616 g/mol. The molecule has 0 aromatic heterocycles. The van der Waals surface area contributed by atoms with Gasteiger partial charge in [0, 0.05) is 18.8 Å². The minimum atomic E-state index is -1.03. The van der Waals surface area contributed by atoms with Gasteiger partial charge >= 0.3 is 11.9 Å². The Hall–Kier alpha value is -2.25. The molecule has 4 atom stereocenters. The van der Waals surface area contributed by atoms with Crippen molar-refractivity contribution in [1.29, 1.82) is 0 Å². The summed E-state index contributed by atoms with van der Waals surface area (Å²) in [7, 11) is 0. The van der Waals surface area contributed by atoms with Crippen molar-refractivity contribution in [3.05, 3.63) is 36.5 Å². The third-order valence-electron chi connectivity index (χ3n) is 9.38. The Balaban J connectivity index is 1.98. The summed E-state index contributed by atoms with van der Waals surface area (Å²) in [6, 6.07) is 0. The fourth-order valence-corrected chi connectivity index (χ4v) is 6.19. The Bertz CT molecular complexity index is 924. The third-order valence-corrected chi connectivity index (χ3v) is 9.38. The molecule has 2 N–H and O–H groups in total. The van der Waals surface area contributed by atoms with E-state index in [9.17, 15) is 24.6 Å². The minimum Gasteiger partial charge on any atom is -0.463 e. The molecule has 0 aliphatic heterocycles. The van der Waals surface area contributed by atoms with Crippen LogP contribution in [-0.2, 0) is 23.9 Å². The zero-order valence-corrected chi connectivity index (χ0v) is 31.3. The van der Waals surface area contributed by atoms with Crippen molar-refractivity contribution >= 4 is 17.7 Å². The largest absolute Gasteiger partial charge is 0.463 e. The van der Waals surface area contributed by atoms with Crippen molar-refractivity contribution in [2.45, 2.75) is 187 Å². The molecule has 1 rings (SSSR count). The van der Waals surface area contributed by atoms with Crippen molar-refractivity contribution < 1.29 is 34.1 Å². The van der Waals surface area contributed by atoms with Gasteiger partial charge in [-0.3, -0.25) is 14.4 Å². The van der Waals surface area contributed by atoms with Crippen molar-refractivity contribution in [2.75, 3.05) is 13.2 Å². The number of allylic oxidation sites excluding steroid dienone is 5. The highest BCUT2D eigenvalue weighted by Gasteiger charge is 2.26. The van der Waals surface area contributed by atoms with Gasteiger partial charge in [-0.2, -0.15) is 0 Å². The first-order valence-corrected chi connectivity index (χ1v) is 20.1. The topological polar surface area (TPSA) is 110 Å². The monoisotopic (exact) mass is 689 g/mol. The zero-order chi connectivity index (χ0) is 35.8. The molecular formula is C42H72O7. The van der Waals surface area contributed by atoms with E-state index in [1.807, 2.05) is 24.3 Å². The van der Waals surface area contributed by atoms with Crippen LogP contribution in [0.3, 0.4) is 0 Å². The fraction of sp³-hybridized carbons (Fsp3) is 0.786. The second-order valence-electron chi connectivity index (χ2n) is 14.1. The van der Waals surface area contributed by atoms with Crippen LogP contribution in [0.1, 0.15) is 174 Å². The number of unbranched alkanes of at least 4 members (excludes halogenated alkanes) is 18. The number of aliphatic hydroxyl groups is 2. The van der Waals surface area contributed by atoms with Gasteiger partial charge in [-0.25, -0.2) is 0 Å². The van der Waals surface area contributed by atoms with E-state index in [0.717, 1.165) is 51.4 Å². The SMILES string of the molecule is CCCCCCCCCCCCCCCCCCC(=O)OC[C@H](O)COC(=O)CCC/C=C\C[C@H]1C=CC(=O)[C@@H]1/C=C/[C@@H](O)CCCCC. The number of hydrogen-bond donors (Lipinski definition) is 2. The highest BCUT2D eigenvalue weighted by atomic mass is 16.6. The van der Waals surface area contributed by atoms with Crippen LogP contribution in [0.4, 0.5) is 0 Å². The lowest BCUT2D eigenvalue weighted by atomic mass is 9.90. The van der Waals surface area contributed by atoms with E-state index in [-0.39, 0.29) is 49.2 Å². The molecule has 0 radical (unpaired) electrons. The molecule has 0 saturated carbocycles. The molecule has 0 heterocycles. The number of rotatable bonds is 33. The van der Waals surface area contributed by atoms with E-state index in [1.54, 1.807) is 12.2 Å². The Kier molecular flexibility index (Phi) is 29.0. The van der Waals surface area contributed by atoms with Crippen LogP contribution < -0.4 is 0 Å². The third kappa shape index (κ3) is 26.3. The highest BCUT2D eigenvalue weighted by Crippen LogP contribution is 2.27. The van der Waals surface area contributed by atoms with Gasteiger partial charge in [0.15, 0.2) is 5.78 Å². The van der Waals surface area contributed by atoms with E-state index < -0.39 is 12.2 Å². The molecule has 0 amide bonds. The van der Waals surface area contributed by atoms with Gasteiger partial charge in [0.25, 0.3) is 0 Å². The lowest BCUT2D eigenvalue weighted by Crippen LogP contribution is -2.25. The van der Waals surface area contributed by atoms with E-state index in [4.69, 9.17) is 9.47 Å². The summed E-state index contributed by atoms with van der Waals surface area (Å²) >= 11 is 0. The van der Waals surface area contributed by atoms with Gasteiger partial charge in [0.1, 0.15) is 19.3 Å². The molecule has 1 aliphatic rings. The summed E-state index contributed by atoms with van der Waals surface area (Å²) in [5.74, 6) is -0.783. The molecule has 49 heavy (non-hydrogen) atoms. The molecule has 0 aromatic carbocycles. The van der Waals surface area contributed by atoms with Gasteiger partial charge in [-0.05, 0) is 44.1 Å². The first kappa shape index (κ1) is 44.8. The van der Waals surface area contributed by atoms with Gasteiger partial charge in [0.2, 0.25) is 0 Å². The summed E-state index contributed by atoms with van der Waals surface area (Å²) in [5, 5.41) is 20.2. The van der Waals surface area contributed by atoms with Crippen LogP contribution >= 0.6 is 0 Å². The van der Waals surface area contributed by atoms with E-state index >= 15 is 0 Å². The van der Waals surface area contributed by atoms with E-state index in [0.29, 0.717) is 19.3 Å².